The van der Waals surface area contributed by atoms with E-state index >= 15 is 0 Å². The van der Waals surface area contributed by atoms with Crippen molar-refractivity contribution in [1.82, 2.24) is 8.75 Å². The van der Waals surface area contributed by atoms with Gasteiger partial charge in [0.1, 0.15) is 0 Å². The summed E-state index contributed by atoms with van der Waals surface area (Å²) in [4.78, 5) is 2.12. The van der Waals surface area contributed by atoms with Crippen molar-refractivity contribution in [2.45, 2.75) is 6.42 Å². The zero-order chi connectivity index (χ0) is 9.10. The lowest BCUT2D eigenvalue weighted by Gasteiger charge is -2.18. The Morgan fingerprint density at radius 2 is 2.23 bits per heavy atom. The van der Waals surface area contributed by atoms with Crippen molar-refractivity contribution < 1.29 is 4.74 Å². The first kappa shape index (κ1) is 9.18. The third-order valence-electron chi connectivity index (χ3n) is 1.95. The molecule has 2 rings (SSSR count). The van der Waals surface area contributed by atoms with Gasteiger partial charge in [0, 0.05) is 19.7 Å². The van der Waals surface area contributed by atoms with E-state index in [1.165, 1.54) is 0 Å². The summed E-state index contributed by atoms with van der Waals surface area (Å²) in [5.41, 5.74) is 0. The molecule has 0 spiro atoms. The molecule has 0 N–H and O–H groups in total. The fraction of sp³-hybridized carbons (Fsp3) is 0.714. The van der Waals surface area contributed by atoms with E-state index in [1.54, 1.807) is 0 Å². The standard InChI is InChI=1S/C7H10ClN3OS/c8-6-7(10-13-9-6)11-2-1-4-12-5-3-11/h1-5H2. The van der Waals surface area contributed by atoms with Gasteiger partial charge in [0.2, 0.25) is 0 Å². The first-order chi connectivity index (χ1) is 6.38. The zero-order valence-corrected chi connectivity index (χ0v) is 8.64. The molecule has 1 aliphatic rings. The van der Waals surface area contributed by atoms with Crippen LogP contribution in [-0.4, -0.2) is 35.1 Å². The van der Waals surface area contributed by atoms with Gasteiger partial charge < -0.3 is 9.64 Å². The lowest BCUT2D eigenvalue weighted by Crippen LogP contribution is -2.26. The van der Waals surface area contributed by atoms with Crippen molar-refractivity contribution in [2.75, 3.05) is 31.2 Å². The predicted molar refractivity (Wildman–Crippen MR) is 52.6 cm³/mol. The quantitative estimate of drug-likeness (QED) is 0.716. The van der Waals surface area contributed by atoms with Crippen LogP contribution in [-0.2, 0) is 4.74 Å². The highest BCUT2D eigenvalue weighted by Crippen LogP contribution is 2.23. The molecule has 2 heterocycles. The number of hydrogen-bond acceptors (Lipinski definition) is 5. The number of nitrogens with zero attached hydrogens (tertiary/aromatic N) is 3. The van der Waals surface area contributed by atoms with Crippen LogP contribution in [0.2, 0.25) is 5.15 Å². The van der Waals surface area contributed by atoms with E-state index in [2.05, 4.69) is 13.6 Å². The second-order valence-electron chi connectivity index (χ2n) is 2.83. The van der Waals surface area contributed by atoms with Crippen LogP contribution in [0, 0.1) is 0 Å². The maximum Gasteiger partial charge on any atom is 0.187 e. The Labute approximate surface area is 85.8 Å². The topological polar surface area (TPSA) is 38.2 Å². The molecule has 1 saturated heterocycles. The molecule has 6 heteroatoms. The van der Waals surface area contributed by atoms with Crippen molar-refractivity contribution in [1.29, 1.82) is 0 Å². The van der Waals surface area contributed by atoms with Gasteiger partial charge in [-0.25, -0.2) is 0 Å². The molecule has 0 aromatic carbocycles. The zero-order valence-electron chi connectivity index (χ0n) is 7.07. The molecule has 0 amide bonds. The summed E-state index contributed by atoms with van der Waals surface area (Å²) >= 11 is 7.03. The molecule has 0 unspecified atom stereocenters. The SMILES string of the molecule is Clc1nsnc1N1CCCOCC1. The Bertz CT molecular complexity index is 272. The lowest BCUT2D eigenvalue weighted by molar-refractivity contribution is 0.152. The van der Waals surface area contributed by atoms with Crippen molar-refractivity contribution in [2.24, 2.45) is 0 Å². The highest BCUT2D eigenvalue weighted by atomic mass is 35.5. The Kier molecular flexibility index (Phi) is 2.97. The van der Waals surface area contributed by atoms with Crippen LogP contribution < -0.4 is 4.90 Å². The van der Waals surface area contributed by atoms with Crippen LogP contribution in [0.4, 0.5) is 5.82 Å². The summed E-state index contributed by atoms with van der Waals surface area (Å²) in [5.74, 6) is 0.803. The highest BCUT2D eigenvalue weighted by Gasteiger charge is 2.15. The number of anilines is 1. The van der Waals surface area contributed by atoms with Gasteiger partial charge in [-0.15, -0.1) is 0 Å². The number of halogens is 1. The Balaban J connectivity index is 2.10. The van der Waals surface area contributed by atoms with Gasteiger partial charge in [0.05, 0.1) is 18.3 Å². The Morgan fingerprint density at radius 1 is 1.31 bits per heavy atom. The minimum Gasteiger partial charge on any atom is -0.380 e. The van der Waals surface area contributed by atoms with E-state index in [0.717, 1.165) is 50.3 Å². The van der Waals surface area contributed by atoms with Crippen LogP contribution in [0.3, 0.4) is 0 Å². The summed E-state index contributed by atoms with van der Waals surface area (Å²) < 4.78 is 13.4. The second kappa shape index (κ2) is 4.21. The number of rotatable bonds is 1. The van der Waals surface area contributed by atoms with Crippen LogP contribution >= 0.6 is 23.3 Å². The molecule has 0 bridgehead atoms. The number of hydrogen-bond donors (Lipinski definition) is 0. The molecular weight excluding hydrogens is 210 g/mol. The van der Waals surface area contributed by atoms with Crippen molar-refractivity contribution in [3.05, 3.63) is 5.15 Å². The van der Waals surface area contributed by atoms with Crippen LogP contribution in [0.5, 0.6) is 0 Å². The maximum atomic E-state index is 5.88. The second-order valence-corrected chi connectivity index (χ2v) is 3.72. The van der Waals surface area contributed by atoms with E-state index < -0.39 is 0 Å². The molecule has 1 aliphatic heterocycles. The van der Waals surface area contributed by atoms with Gasteiger partial charge in [-0.1, -0.05) is 11.6 Å². The molecular formula is C7H10ClN3OS. The average Bonchev–Trinajstić information content (AvgIpc) is 2.43. The largest absolute Gasteiger partial charge is 0.380 e. The molecule has 0 saturated carbocycles. The van der Waals surface area contributed by atoms with Gasteiger partial charge in [-0.05, 0) is 6.42 Å². The fourth-order valence-corrected chi connectivity index (χ4v) is 2.10. The molecule has 1 aromatic heterocycles. The molecule has 72 valence electrons. The Morgan fingerprint density at radius 3 is 3.00 bits per heavy atom. The van der Waals surface area contributed by atoms with Crippen molar-refractivity contribution >= 4 is 29.1 Å². The monoisotopic (exact) mass is 219 g/mol. The summed E-state index contributed by atoms with van der Waals surface area (Å²) in [6.07, 6.45) is 1.02. The van der Waals surface area contributed by atoms with Crippen LogP contribution in [0.15, 0.2) is 0 Å². The third-order valence-corrected chi connectivity index (χ3v) is 2.83. The van der Waals surface area contributed by atoms with Crippen LogP contribution in [0.1, 0.15) is 6.42 Å². The first-order valence-electron chi connectivity index (χ1n) is 4.18. The molecule has 0 aliphatic carbocycles. The first-order valence-corrected chi connectivity index (χ1v) is 5.29. The fourth-order valence-electron chi connectivity index (χ4n) is 1.32. The third kappa shape index (κ3) is 2.10. The minimum absolute atomic E-state index is 0.506. The smallest absolute Gasteiger partial charge is 0.187 e. The normalized spacial score (nSPS) is 18.7. The average molecular weight is 220 g/mol. The van der Waals surface area contributed by atoms with E-state index in [-0.39, 0.29) is 0 Å². The summed E-state index contributed by atoms with van der Waals surface area (Å²) in [5, 5.41) is 0.506. The summed E-state index contributed by atoms with van der Waals surface area (Å²) in [7, 11) is 0. The van der Waals surface area contributed by atoms with Gasteiger partial charge >= 0.3 is 0 Å². The Hall–Kier alpha value is -0.390. The molecule has 1 fully saturated rings. The van der Waals surface area contributed by atoms with E-state index in [1.807, 2.05) is 0 Å². The van der Waals surface area contributed by atoms with Gasteiger partial charge in [0.25, 0.3) is 0 Å². The van der Waals surface area contributed by atoms with Crippen LogP contribution in [0.25, 0.3) is 0 Å². The molecule has 1 aromatic rings. The number of aromatic nitrogens is 2. The summed E-state index contributed by atoms with van der Waals surface area (Å²) in [6, 6.07) is 0. The maximum absolute atomic E-state index is 5.88. The predicted octanol–water partition coefficient (Wildman–Crippen LogP) is 1.42. The van der Waals surface area contributed by atoms with Gasteiger partial charge in [-0.2, -0.15) is 8.75 Å². The van der Waals surface area contributed by atoms with Crippen molar-refractivity contribution in [3.8, 4) is 0 Å². The molecule has 13 heavy (non-hydrogen) atoms. The molecule has 4 nitrogen and oxygen atoms in total. The molecule has 0 atom stereocenters. The van der Waals surface area contributed by atoms with Crippen molar-refractivity contribution in [3.63, 3.8) is 0 Å². The van der Waals surface area contributed by atoms with E-state index in [4.69, 9.17) is 16.3 Å². The minimum atomic E-state index is 0.506. The number of ether oxygens (including phenoxy) is 1. The molecule has 0 radical (unpaired) electrons. The lowest BCUT2D eigenvalue weighted by atomic mass is 10.4. The van der Waals surface area contributed by atoms with Gasteiger partial charge in [-0.3, -0.25) is 0 Å². The van der Waals surface area contributed by atoms with E-state index in [9.17, 15) is 0 Å². The summed E-state index contributed by atoms with van der Waals surface area (Å²) in [6.45, 7) is 3.37. The highest BCUT2D eigenvalue weighted by molar-refractivity contribution is 6.99. The van der Waals surface area contributed by atoms with E-state index in [0.29, 0.717) is 5.15 Å². The van der Waals surface area contributed by atoms with Gasteiger partial charge in [0.15, 0.2) is 11.0 Å².